The standard InChI is InChI=1S/C21H18F3N3O2/c1-14-12-18(28)19(20(29)26(2)13-15-8-4-3-5-9-15)25-27(14)17-11-7-6-10-16(17)21(22,23)24/h3-12H,13H2,1-2H3. The van der Waals surface area contributed by atoms with Crippen LogP contribution in [0.1, 0.15) is 27.3 Å². The first-order valence-electron chi connectivity index (χ1n) is 8.75. The summed E-state index contributed by atoms with van der Waals surface area (Å²) in [7, 11) is 1.50. The third-order valence-electron chi connectivity index (χ3n) is 4.36. The topological polar surface area (TPSA) is 55.2 Å². The SMILES string of the molecule is Cc1cc(=O)c(C(=O)N(C)Cc2ccccc2)nn1-c1ccccc1C(F)(F)F. The molecule has 0 saturated heterocycles. The Kier molecular flexibility index (Phi) is 5.54. The second-order valence-corrected chi connectivity index (χ2v) is 6.57. The zero-order valence-electron chi connectivity index (χ0n) is 15.8. The quantitative estimate of drug-likeness (QED) is 0.668. The Morgan fingerprint density at radius 1 is 1.07 bits per heavy atom. The molecule has 0 aliphatic rings. The molecule has 8 heteroatoms. The van der Waals surface area contributed by atoms with Crippen molar-refractivity contribution < 1.29 is 18.0 Å². The third kappa shape index (κ3) is 4.37. The number of halogens is 3. The van der Waals surface area contributed by atoms with Gasteiger partial charge in [-0.15, -0.1) is 0 Å². The number of hydrogen-bond acceptors (Lipinski definition) is 3. The molecule has 5 nitrogen and oxygen atoms in total. The van der Waals surface area contributed by atoms with Gasteiger partial charge < -0.3 is 4.90 Å². The van der Waals surface area contributed by atoms with Crippen LogP contribution in [0, 0.1) is 6.92 Å². The van der Waals surface area contributed by atoms with Crippen LogP contribution in [0.2, 0.25) is 0 Å². The first-order chi connectivity index (χ1) is 13.7. The Morgan fingerprint density at radius 3 is 2.34 bits per heavy atom. The number of carbonyl (C=O) groups excluding carboxylic acids is 1. The zero-order valence-corrected chi connectivity index (χ0v) is 15.8. The van der Waals surface area contributed by atoms with E-state index in [4.69, 9.17) is 0 Å². The minimum Gasteiger partial charge on any atom is -0.336 e. The largest absolute Gasteiger partial charge is 0.418 e. The molecular formula is C21H18F3N3O2. The lowest BCUT2D eigenvalue weighted by Gasteiger charge is -2.19. The summed E-state index contributed by atoms with van der Waals surface area (Å²) in [4.78, 5) is 26.4. The molecule has 29 heavy (non-hydrogen) atoms. The van der Waals surface area contributed by atoms with E-state index in [9.17, 15) is 22.8 Å². The van der Waals surface area contributed by atoms with Crippen molar-refractivity contribution in [2.24, 2.45) is 0 Å². The first kappa shape index (κ1) is 20.3. The minimum atomic E-state index is -4.61. The number of benzene rings is 2. The minimum absolute atomic E-state index is 0.189. The second kappa shape index (κ2) is 7.90. The van der Waals surface area contributed by atoms with Crippen molar-refractivity contribution in [1.82, 2.24) is 14.7 Å². The van der Waals surface area contributed by atoms with Crippen LogP contribution in [0.15, 0.2) is 65.5 Å². The number of nitrogens with zero attached hydrogens (tertiary/aromatic N) is 3. The Morgan fingerprint density at radius 2 is 1.69 bits per heavy atom. The van der Waals surface area contributed by atoms with E-state index in [0.717, 1.165) is 22.4 Å². The lowest BCUT2D eigenvalue weighted by molar-refractivity contribution is -0.137. The monoisotopic (exact) mass is 401 g/mol. The molecule has 0 aliphatic carbocycles. The van der Waals surface area contributed by atoms with Gasteiger partial charge in [-0.3, -0.25) is 9.59 Å². The molecule has 150 valence electrons. The Labute approximate surface area is 165 Å². The Bertz CT molecular complexity index is 1090. The number of rotatable bonds is 4. The molecule has 3 aromatic rings. The highest BCUT2D eigenvalue weighted by molar-refractivity contribution is 5.91. The van der Waals surface area contributed by atoms with Gasteiger partial charge in [0.05, 0.1) is 11.3 Å². The molecule has 0 spiro atoms. The van der Waals surface area contributed by atoms with Gasteiger partial charge in [0.15, 0.2) is 5.69 Å². The molecule has 0 fully saturated rings. The molecule has 1 amide bonds. The number of amides is 1. The average molecular weight is 401 g/mol. The Hall–Kier alpha value is -3.42. The van der Waals surface area contributed by atoms with Gasteiger partial charge in [0.2, 0.25) is 5.43 Å². The maximum atomic E-state index is 13.4. The van der Waals surface area contributed by atoms with Crippen molar-refractivity contribution in [3.63, 3.8) is 0 Å². The van der Waals surface area contributed by atoms with Crippen LogP contribution in [-0.2, 0) is 12.7 Å². The lowest BCUT2D eigenvalue weighted by atomic mass is 10.1. The van der Waals surface area contributed by atoms with E-state index < -0.39 is 28.8 Å². The third-order valence-corrected chi connectivity index (χ3v) is 4.36. The van der Waals surface area contributed by atoms with Gasteiger partial charge in [-0.25, -0.2) is 4.68 Å². The molecule has 1 aromatic heterocycles. The van der Waals surface area contributed by atoms with E-state index >= 15 is 0 Å². The molecule has 1 heterocycles. The molecule has 0 aliphatic heterocycles. The van der Waals surface area contributed by atoms with Gasteiger partial charge in [-0.1, -0.05) is 42.5 Å². The fourth-order valence-electron chi connectivity index (χ4n) is 2.95. The summed E-state index contributed by atoms with van der Waals surface area (Å²) in [5.74, 6) is -0.669. The average Bonchev–Trinajstić information content (AvgIpc) is 2.68. The van der Waals surface area contributed by atoms with Crippen LogP contribution < -0.4 is 5.43 Å². The van der Waals surface area contributed by atoms with Crippen LogP contribution in [0.3, 0.4) is 0 Å². The highest BCUT2D eigenvalue weighted by Crippen LogP contribution is 2.33. The van der Waals surface area contributed by atoms with Crippen LogP contribution in [0.25, 0.3) is 5.69 Å². The number of alkyl halides is 3. The summed E-state index contributed by atoms with van der Waals surface area (Å²) in [6.45, 7) is 1.69. The van der Waals surface area contributed by atoms with Gasteiger partial charge in [0, 0.05) is 25.4 Å². The summed E-state index contributed by atoms with van der Waals surface area (Å²) in [5.41, 5.74) is -1.21. The van der Waals surface area contributed by atoms with Crippen LogP contribution in [0.5, 0.6) is 0 Å². The van der Waals surface area contributed by atoms with Crippen LogP contribution in [-0.4, -0.2) is 27.6 Å². The smallest absolute Gasteiger partial charge is 0.336 e. The molecule has 3 rings (SSSR count). The van der Waals surface area contributed by atoms with Crippen LogP contribution in [0.4, 0.5) is 13.2 Å². The van der Waals surface area contributed by atoms with Gasteiger partial charge in [0.25, 0.3) is 5.91 Å². The molecule has 0 radical (unpaired) electrons. The van der Waals surface area contributed by atoms with Crippen molar-refractivity contribution in [3.05, 3.63) is 93.4 Å². The number of para-hydroxylation sites is 1. The molecule has 2 aromatic carbocycles. The highest BCUT2D eigenvalue weighted by Gasteiger charge is 2.34. The molecule has 0 N–H and O–H groups in total. The predicted octanol–water partition coefficient (Wildman–Crippen LogP) is 3.83. The van der Waals surface area contributed by atoms with E-state index in [1.807, 2.05) is 30.3 Å². The Balaban J connectivity index is 2.03. The molecule has 0 unspecified atom stereocenters. The van der Waals surface area contributed by atoms with Crippen molar-refractivity contribution in [3.8, 4) is 5.69 Å². The van der Waals surface area contributed by atoms with Crippen molar-refractivity contribution >= 4 is 5.91 Å². The summed E-state index contributed by atoms with van der Waals surface area (Å²) in [6.07, 6.45) is -4.61. The number of carbonyl (C=O) groups is 1. The highest BCUT2D eigenvalue weighted by atomic mass is 19.4. The maximum absolute atomic E-state index is 13.4. The zero-order chi connectivity index (χ0) is 21.2. The van der Waals surface area contributed by atoms with E-state index in [-0.39, 0.29) is 17.9 Å². The van der Waals surface area contributed by atoms with Crippen LogP contribution >= 0.6 is 0 Å². The summed E-state index contributed by atoms with van der Waals surface area (Å²) >= 11 is 0. The summed E-state index contributed by atoms with van der Waals surface area (Å²) in [6, 6.07) is 15.1. The van der Waals surface area contributed by atoms with E-state index in [1.165, 1.54) is 37.1 Å². The fraction of sp³-hybridized carbons (Fsp3) is 0.190. The normalized spacial score (nSPS) is 11.3. The molecule has 0 saturated carbocycles. The fourth-order valence-corrected chi connectivity index (χ4v) is 2.95. The van der Waals surface area contributed by atoms with Crippen molar-refractivity contribution in [1.29, 1.82) is 0 Å². The van der Waals surface area contributed by atoms with E-state index in [0.29, 0.717) is 0 Å². The summed E-state index contributed by atoms with van der Waals surface area (Å²) < 4.78 is 41.2. The van der Waals surface area contributed by atoms with Crippen molar-refractivity contribution in [2.45, 2.75) is 19.6 Å². The number of hydrogen-bond donors (Lipinski definition) is 0. The lowest BCUT2D eigenvalue weighted by Crippen LogP contribution is -2.33. The molecule has 0 atom stereocenters. The maximum Gasteiger partial charge on any atom is 0.418 e. The van der Waals surface area contributed by atoms with E-state index in [2.05, 4.69) is 5.10 Å². The first-order valence-corrected chi connectivity index (χ1v) is 8.75. The molecular weight excluding hydrogens is 383 g/mol. The van der Waals surface area contributed by atoms with E-state index in [1.54, 1.807) is 0 Å². The predicted molar refractivity (Wildman–Crippen MR) is 102 cm³/mol. The van der Waals surface area contributed by atoms with Gasteiger partial charge >= 0.3 is 6.18 Å². The summed E-state index contributed by atoms with van der Waals surface area (Å²) in [5, 5.41) is 3.99. The van der Waals surface area contributed by atoms with Gasteiger partial charge in [-0.05, 0) is 24.6 Å². The van der Waals surface area contributed by atoms with Crippen molar-refractivity contribution in [2.75, 3.05) is 7.05 Å². The van der Waals surface area contributed by atoms with Gasteiger partial charge in [0.1, 0.15) is 0 Å². The van der Waals surface area contributed by atoms with Gasteiger partial charge in [-0.2, -0.15) is 18.3 Å². The second-order valence-electron chi connectivity index (χ2n) is 6.57. The number of aryl methyl sites for hydroxylation is 1. The number of aromatic nitrogens is 2. The molecule has 0 bridgehead atoms.